The van der Waals surface area contributed by atoms with E-state index in [1.165, 1.54) is 109 Å². The van der Waals surface area contributed by atoms with E-state index in [0.29, 0.717) is 0 Å². The molecule has 2 nitrogen and oxygen atoms in total. The van der Waals surface area contributed by atoms with Gasteiger partial charge in [-0.25, -0.2) is 0 Å². The first-order valence-corrected chi connectivity index (χ1v) is 12.2. The Bertz CT molecular complexity index is 541. The SMILES string of the molecule is CCCCCCCCCCCC1=[N+](Cc2ccccc2)CCN1CCCCC.[Br-]. The molecule has 1 heterocycles. The highest BCUT2D eigenvalue weighted by Gasteiger charge is 2.29. The van der Waals surface area contributed by atoms with Crippen molar-refractivity contribution in [3.05, 3.63) is 35.9 Å². The Hall–Kier alpha value is -0.830. The predicted molar refractivity (Wildman–Crippen MR) is 123 cm³/mol. The first-order valence-electron chi connectivity index (χ1n) is 12.2. The largest absolute Gasteiger partial charge is 1.00 e. The summed E-state index contributed by atoms with van der Waals surface area (Å²) in [6.07, 6.45) is 18.0. The van der Waals surface area contributed by atoms with E-state index in [1.807, 2.05) is 0 Å². The molecule has 2 rings (SSSR count). The fourth-order valence-corrected chi connectivity index (χ4v) is 4.38. The fraction of sp³-hybridized carbons (Fsp3) is 0.731. The summed E-state index contributed by atoms with van der Waals surface area (Å²) >= 11 is 0. The molecule has 1 aliphatic rings. The molecule has 1 aromatic carbocycles. The van der Waals surface area contributed by atoms with Gasteiger partial charge in [-0.1, -0.05) is 102 Å². The normalized spacial score (nSPS) is 13.8. The molecule has 0 spiro atoms. The van der Waals surface area contributed by atoms with Gasteiger partial charge >= 0.3 is 0 Å². The maximum absolute atomic E-state index is 2.70. The van der Waals surface area contributed by atoms with E-state index in [1.54, 1.807) is 5.84 Å². The lowest BCUT2D eigenvalue weighted by molar-refractivity contribution is -0.535. The summed E-state index contributed by atoms with van der Waals surface area (Å²) in [5, 5.41) is 0. The van der Waals surface area contributed by atoms with Crippen LogP contribution in [0.5, 0.6) is 0 Å². The third-order valence-corrected chi connectivity index (χ3v) is 6.12. The van der Waals surface area contributed by atoms with E-state index in [4.69, 9.17) is 0 Å². The molecule has 0 saturated heterocycles. The van der Waals surface area contributed by atoms with Crippen molar-refractivity contribution in [2.45, 2.75) is 104 Å². The second-order valence-corrected chi connectivity index (χ2v) is 8.60. The Balaban J connectivity index is 0.00000420. The van der Waals surface area contributed by atoms with Gasteiger partial charge in [0.05, 0.1) is 6.54 Å². The third-order valence-electron chi connectivity index (χ3n) is 6.12. The molecule has 0 aliphatic carbocycles. The number of hydrogen-bond donors (Lipinski definition) is 0. The molecule has 0 atom stereocenters. The van der Waals surface area contributed by atoms with Gasteiger partial charge < -0.3 is 17.0 Å². The van der Waals surface area contributed by atoms with Crippen molar-refractivity contribution in [2.75, 3.05) is 19.6 Å². The minimum Gasteiger partial charge on any atom is -1.00 e. The smallest absolute Gasteiger partial charge is 0.247 e. The fourth-order valence-electron chi connectivity index (χ4n) is 4.38. The van der Waals surface area contributed by atoms with Crippen molar-refractivity contribution in [1.29, 1.82) is 0 Å². The maximum Gasteiger partial charge on any atom is 0.247 e. The van der Waals surface area contributed by atoms with E-state index in [2.05, 4.69) is 53.7 Å². The molecule has 0 unspecified atom stereocenters. The molecule has 0 amide bonds. The van der Waals surface area contributed by atoms with Crippen molar-refractivity contribution < 1.29 is 21.6 Å². The van der Waals surface area contributed by atoms with Gasteiger partial charge in [-0.3, -0.25) is 9.48 Å². The van der Waals surface area contributed by atoms with E-state index in [9.17, 15) is 0 Å². The Morgan fingerprint density at radius 1 is 0.759 bits per heavy atom. The van der Waals surface area contributed by atoms with Gasteiger partial charge in [-0.15, -0.1) is 0 Å². The lowest BCUT2D eigenvalue weighted by atomic mass is 10.1. The Morgan fingerprint density at radius 2 is 1.34 bits per heavy atom. The summed E-state index contributed by atoms with van der Waals surface area (Å²) in [5.74, 6) is 1.63. The van der Waals surface area contributed by atoms with E-state index in [-0.39, 0.29) is 17.0 Å². The maximum atomic E-state index is 2.70. The molecule has 1 aliphatic heterocycles. The van der Waals surface area contributed by atoms with Crippen LogP contribution in [-0.4, -0.2) is 34.9 Å². The molecule has 0 aromatic heterocycles. The van der Waals surface area contributed by atoms with Crippen LogP contribution >= 0.6 is 0 Å². The van der Waals surface area contributed by atoms with Crippen molar-refractivity contribution >= 4 is 5.84 Å². The van der Waals surface area contributed by atoms with Crippen LogP contribution in [0.4, 0.5) is 0 Å². The first kappa shape index (κ1) is 26.2. The zero-order valence-electron chi connectivity index (χ0n) is 19.2. The summed E-state index contributed by atoms with van der Waals surface area (Å²) in [6, 6.07) is 11.0. The lowest BCUT2D eigenvalue weighted by Gasteiger charge is -2.14. The molecule has 0 N–H and O–H groups in total. The van der Waals surface area contributed by atoms with Crippen LogP contribution in [0.2, 0.25) is 0 Å². The third kappa shape index (κ3) is 10.7. The molecule has 0 radical (unpaired) electrons. The van der Waals surface area contributed by atoms with Crippen molar-refractivity contribution in [2.24, 2.45) is 0 Å². The topological polar surface area (TPSA) is 6.25 Å². The standard InChI is InChI=1S/C26H45N2.BrH/c1-3-5-7-8-9-10-11-12-16-20-26-27(21-17-6-4-2)22-23-28(26)24-25-18-14-13-15-19-25;/h13-15,18-19H,3-12,16-17,20-24H2,1-2H3;1H/q+1;/p-1. The molecule has 0 fully saturated rings. The summed E-state index contributed by atoms with van der Waals surface area (Å²) in [4.78, 5) is 2.70. The second kappa shape index (κ2) is 16.9. The van der Waals surface area contributed by atoms with Crippen LogP contribution in [-0.2, 0) is 6.54 Å². The van der Waals surface area contributed by atoms with Gasteiger partial charge in [-0.05, 0) is 24.8 Å². The molecule has 0 bridgehead atoms. The van der Waals surface area contributed by atoms with Crippen molar-refractivity contribution in [1.82, 2.24) is 4.90 Å². The van der Waals surface area contributed by atoms with Crippen LogP contribution in [0.3, 0.4) is 0 Å². The highest BCUT2D eigenvalue weighted by Crippen LogP contribution is 2.16. The minimum atomic E-state index is 0. The number of rotatable bonds is 16. The summed E-state index contributed by atoms with van der Waals surface area (Å²) < 4.78 is 2.66. The zero-order valence-corrected chi connectivity index (χ0v) is 20.8. The number of benzene rings is 1. The molecular formula is C26H45BrN2. The van der Waals surface area contributed by atoms with Gasteiger partial charge in [-0.2, -0.15) is 0 Å². The molecule has 1 aromatic rings. The van der Waals surface area contributed by atoms with E-state index < -0.39 is 0 Å². The molecule has 29 heavy (non-hydrogen) atoms. The van der Waals surface area contributed by atoms with Gasteiger partial charge in [0.25, 0.3) is 0 Å². The first-order chi connectivity index (χ1) is 13.8. The van der Waals surface area contributed by atoms with Gasteiger partial charge in [0.15, 0.2) is 0 Å². The minimum absolute atomic E-state index is 0. The number of unbranched alkanes of at least 4 members (excludes halogenated alkanes) is 10. The van der Waals surface area contributed by atoms with Gasteiger partial charge in [0, 0.05) is 6.42 Å². The van der Waals surface area contributed by atoms with Crippen LogP contribution < -0.4 is 17.0 Å². The molecule has 166 valence electrons. The predicted octanol–water partition coefficient (Wildman–Crippen LogP) is 4.03. The monoisotopic (exact) mass is 464 g/mol. The van der Waals surface area contributed by atoms with E-state index >= 15 is 0 Å². The average Bonchev–Trinajstić information content (AvgIpc) is 3.09. The van der Waals surface area contributed by atoms with E-state index in [0.717, 1.165) is 6.54 Å². The van der Waals surface area contributed by atoms with Crippen LogP contribution in [0.15, 0.2) is 30.3 Å². The van der Waals surface area contributed by atoms with Crippen LogP contribution in [0.25, 0.3) is 0 Å². The Labute approximate surface area is 191 Å². The molecular weight excluding hydrogens is 420 g/mol. The second-order valence-electron chi connectivity index (χ2n) is 8.60. The Morgan fingerprint density at radius 3 is 2.00 bits per heavy atom. The van der Waals surface area contributed by atoms with Crippen molar-refractivity contribution in [3.63, 3.8) is 0 Å². The summed E-state index contributed by atoms with van der Waals surface area (Å²) in [6.45, 7) is 9.37. The van der Waals surface area contributed by atoms with Gasteiger partial charge in [0.1, 0.15) is 19.6 Å². The van der Waals surface area contributed by atoms with Crippen LogP contribution in [0, 0.1) is 0 Å². The average molecular weight is 466 g/mol. The van der Waals surface area contributed by atoms with Crippen LogP contribution in [0.1, 0.15) is 103 Å². The number of nitrogens with zero attached hydrogens (tertiary/aromatic N) is 2. The lowest BCUT2D eigenvalue weighted by Crippen LogP contribution is -3.00. The number of halogens is 1. The zero-order chi connectivity index (χ0) is 19.9. The Kier molecular flexibility index (Phi) is 15.3. The van der Waals surface area contributed by atoms with Crippen molar-refractivity contribution in [3.8, 4) is 0 Å². The highest BCUT2D eigenvalue weighted by atomic mass is 79.9. The summed E-state index contributed by atoms with van der Waals surface area (Å²) in [7, 11) is 0. The van der Waals surface area contributed by atoms with Gasteiger partial charge in [0.2, 0.25) is 5.84 Å². The quantitative estimate of drug-likeness (QED) is 0.264. The number of hydrogen-bond acceptors (Lipinski definition) is 1. The summed E-state index contributed by atoms with van der Waals surface area (Å²) in [5.41, 5.74) is 1.45. The molecule has 0 saturated carbocycles. The highest BCUT2D eigenvalue weighted by molar-refractivity contribution is 5.78. The number of amidine groups is 1. The molecule has 3 heteroatoms.